The minimum atomic E-state index is -0.0418. The lowest BCUT2D eigenvalue weighted by Crippen LogP contribution is -2.01. The van der Waals surface area contributed by atoms with E-state index in [1.807, 2.05) is 22.7 Å². The van der Waals surface area contributed by atoms with Gasteiger partial charge >= 0.3 is 0 Å². The van der Waals surface area contributed by atoms with E-state index in [9.17, 15) is 0 Å². The standard InChI is InChI=1S/C10H10Br2S2Si/c1-5-3-6(11)9(13-5)10-7(12)4-8(14-10)15-2/h3-4H,15H2,1-2H3. The van der Waals surface area contributed by atoms with Crippen molar-refractivity contribution in [2.45, 2.75) is 13.5 Å². The molecule has 0 aromatic carbocycles. The van der Waals surface area contributed by atoms with Crippen LogP contribution in [0.15, 0.2) is 21.1 Å². The van der Waals surface area contributed by atoms with Gasteiger partial charge in [-0.2, -0.15) is 0 Å². The molecule has 2 aromatic rings. The summed E-state index contributed by atoms with van der Waals surface area (Å²) in [5.74, 6) is 0. The summed E-state index contributed by atoms with van der Waals surface area (Å²) in [6, 6.07) is 4.48. The lowest BCUT2D eigenvalue weighted by atomic mass is 10.4. The first-order valence-corrected chi connectivity index (χ1v) is 10.0. The first kappa shape index (κ1) is 12.0. The average Bonchev–Trinajstić information content (AvgIpc) is 2.69. The van der Waals surface area contributed by atoms with Crippen molar-refractivity contribution in [2.75, 3.05) is 0 Å². The van der Waals surface area contributed by atoms with E-state index in [-0.39, 0.29) is 9.52 Å². The predicted molar refractivity (Wildman–Crippen MR) is 81.8 cm³/mol. The van der Waals surface area contributed by atoms with Gasteiger partial charge in [0.05, 0.1) is 19.3 Å². The van der Waals surface area contributed by atoms with Crippen molar-refractivity contribution < 1.29 is 0 Å². The summed E-state index contributed by atoms with van der Waals surface area (Å²) in [5, 5.41) is 0. The van der Waals surface area contributed by atoms with E-state index in [0.717, 1.165) is 0 Å². The molecule has 0 bridgehead atoms. The predicted octanol–water partition coefficient (Wildman–Crippen LogP) is 4.15. The Kier molecular flexibility index (Phi) is 3.88. The Hall–Kier alpha value is 0.577. The molecule has 0 fully saturated rings. The highest BCUT2D eigenvalue weighted by Crippen LogP contribution is 2.41. The summed E-state index contributed by atoms with van der Waals surface area (Å²) in [4.78, 5) is 4.09. The van der Waals surface area contributed by atoms with Gasteiger partial charge in [0.15, 0.2) is 0 Å². The van der Waals surface area contributed by atoms with Crippen molar-refractivity contribution in [3.63, 3.8) is 0 Å². The van der Waals surface area contributed by atoms with Gasteiger partial charge in [0.25, 0.3) is 0 Å². The maximum Gasteiger partial charge on any atom is 0.0646 e. The Morgan fingerprint density at radius 3 is 2.13 bits per heavy atom. The molecule has 0 spiro atoms. The van der Waals surface area contributed by atoms with Crippen LogP contribution < -0.4 is 4.50 Å². The number of thiophene rings is 2. The van der Waals surface area contributed by atoms with Crippen LogP contribution in [0.1, 0.15) is 4.88 Å². The summed E-state index contributed by atoms with van der Waals surface area (Å²) in [5.41, 5.74) is 0. The van der Waals surface area contributed by atoms with Crippen LogP contribution in [-0.4, -0.2) is 9.52 Å². The smallest absolute Gasteiger partial charge is 0.0646 e. The number of halogens is 2. The van der Waals surface area contributed by atoms with E-state index in [1.54, 1.807) is 4.50 Å². The van der Waals surface area contributed by atoms with Crippen LogP contribution in [-0.2, 0) is 0 Å². The molecule has 0 N–H and O–H groups in total. The quantitative estimate of drug-likeness (QED) is 0.685. The molecule has 80 valence electrons. The second-order valence-electron chi connectivity index (χ2n) is 3.28. The molecular weight excluding hydrogens is 372 g/mol. The molecule has 0 nitrogen and oxygen atoms in total. The minimum Gasteiger partial charge on any atom is -0.144 e. The molecule has 0 aliphatic rings. The SMILES string of the molecule is C[SiH2]c1cc(Br)c(-c2sc(C)cc2Br)s1. The Morgan fingerprint density at radius 2 is 1.67 bits per heavy atom. The van der Waals surface area contributed by atoms with Gasteiger partial charge in [-0.25, -0.2) is 0 Å². The molecule has 5 heteroatoms. The molecule has 0 unspecified atom stereocenters. The first-order valence-electron chi connectivity index (χ1n) is 4.66. The third-order valence-electron chi connectivity index (χ3n) is 2.10. The van der Waals surface area contributed by atoms with E-state index in [2.05, 4.69) is 57.5 Å². The molecule has 0 saturated heterocycles. The van der Waals surface area contributed by atoms with Crippen molar-refractivity contribution in [3.05, 3.63) is 26.0 Å². The summed E-state index contributed by atoms with van der Waals surface area (Å²) in [6.45, 7) is 4.48. The average molecular weight is 382 g/mol. The van der Waals surface area contributed by atoms with Gasteiger partial charge in [-0.1, -0.05) is 6.55 Å². The Labute approximate surface area is 117 Å². The van der Waals surface area contributed by atoms with Crippen LogP contribution in [0.25, 0.3) is 9.75 Å². The second kappa shape index (κ2) is 4.83. The lowest BCUT2D eigenvalue weighted by molar-refractivity contribution is 1.62. The monoisotopic (exact) mass is 380 g/mol. The second-order valence-corrected chi connectivity index (χ2v) is 9.36. The number of aryl methyl sites for hydroxylation is 1. The topological polar surface area (TPSA) is 0 Å². The summed E-state index contributed by atoms with van der Waals surface area (Å²) in [6.07, 6.45) is 0. The third-order valence-corrected chi connectivity index (χ3v) is 8.28. The van der Waals surface area contributed by atoms with E-state index in [1.165, 1.54) is 23.6 Å². The number of hydrogen-bond acceptors (Lipinski definition) is 2. The van der Waals surface area contributed by atoms with Gasteiger partial charge in [0, 0.05) is 13.8 Å². The van der Waals surface area contributed by atoms with Crippen molar-refractivity contribution in [2.24, 2.45) is 0 Å². The van der Waals surface area contributed by atoms with Crippen LogP contribution in [0, 0.1) is 6.92 Å². The van der Waals surface area contributed by atoms with Crippen molar-refractivity contribution in [3.8, 4) is 9.75 Å². The van der Waals surface area contributed by atoms with Gasteiger partial charge in [-0.3, -0.25) is 0 Å². The first-order chi connectivity index (χ1) is 7.11. The normalized spacial score (nSPS) is 11.7. The fourth-order valence-corrected chi connectivity index (χ4v) is 7.07. The fourth-order valence-electron chi connectivity index (χ4n) is 1.38. The Morgan fingerprint density at radius 1 is 1.07 bits per heavy atom. The Balaban J connectivity index is 2.53. The maximum absolute atomic E-state index is 3.66. The van der Waals surface area contributed by atoms with Gasteiger partial charge in [0.1, 0.15) is 0 Å². The molecule has 15 heavy (non-hydrogen) atoms. The molecule has 2 rings (SSSR count). The van der Waals surface area contributed by atoms with Gasteiger partial charge in [0.2, 0.25) is 0 Å². The van der Waals surface area contributed by atoms with Crippen molar-refractivity contribution >= 4 is 68.6 Å². The zero-order valence-corrected chi connectivity index (χ0v) is 14.7. The van der Waals surface area contributed by atoms with E-state index in [0.29, 0.717) is 0 Å². The summed E-state index contributed by atoms with van der Waals surface area (Å²) in [7, 11) is -0.0418. The maximum atomic E-state index is 3.66. The van der Waals surface area contributed by atoms with Gasteiger partial charge in [-0.05, 0) is 55.4 Å². The molecule has 2 aromatic heterocycles. The molecule has 0 saturated carbocycles. The number of hydrogen-bond donors (Lipinski definition) is 0. The molecule has 0 aliphatic carbocycles. The summed E-state index contributed by atoms with van der Waals surface area (Å²) < 4.78 is 4.03. The van der Waals surface area contributed by atoms with Gasteiger partial charge < -0.3 is 0 Å². The van der Waals surface area contributed by atoms with Crippen LogP contribution in [0.2, 0.25) is 6.55 Å². The summed E-state index contributed by atoms with van der Waals surface area (Å²) >= 11 is 11.1. The van der Waals surface area contributed by atoms with E-state index >= 15 is 0 Å². The molecule has 0 amide bonds. The fraction of sp³-hybridized carbons (Fsp3) is 0.200. The van der Waals surface area contributed by atoms with Crippen LogP contribution in [0.3, 0.4) is 0 Å². The van der Waals surface area contributed by atoms with Crippen LogP contribution in [0.5, 0.6) is 0 Å². The molecular formula is C10H10Br2S2Si. The number of rotatable bonds is 2. The minimum absolute atomic E-state index is 0.0418. The van der Waals surface area contributed by atoms with Gasteiger partial charge in [-0.15, -0.1) is 22.7 Å². The van der Waals surface area contributed by atoms with Crippen molar-refractivity contribution in [1.29, 1.82) is 0 Å². The lowest BCUT2D eigenvalue weighted by Gasteiger charge is -1.94. The molecule has 0 radical (unpaired) electrons. The molecule has 0 atom stereocenters. The highest BCUT2D eigenvalue weighted by atomic mass is 79.9. The zero-order valence-electron chi connectivity index (χ0n) is 8.43. The van der Waals surface area contributed by atoms with Crippen molar-refractivity contribution in [1.82, 2.24) is 0 Å². The highest BCUT2D eigenvalue weighted by molar-refractivity contribution is 9.11. The zero-order chi connectivity index (χ0) is 11.0. The van der Waals surface area contributed by atoms with Crippen LogP contribution in [0.4, 0.5) is 0 Å². The third kappa shape index (κ3) is 2.47. The van der Waals surface area contributed by atoms with E-state index in [4.69, 9.17) is 0 Å². The molecule has 0 aliphatic heterocycles. The van der Waals surface area contributed by atoms with Crippen LogP contribution >= 0.6 is 54.5 Å². The molecule has 2 heterocycles. The van der Waals surface area contributed by atoms with E-state index < -0.39 is 0 Å². The Bertz CT molecular complexity index is 488. The largest absolute Gasteiger partial charge is 0.144 e. The highest BCUT2D eigenvalue weighted by Gasteiger charge is 2.13.